The third-order valence-electron chi connectivity index (χ3n) is 3.86. The molecule has 0 aromatic carbocycles. The number of amides is 1. The minimum atomic E-state index is -3.02. The largest absolute Gasteiger partial charge is 0.481 e. The molecular weight excluding hydrogens is 304 g/mol. The van der Waals surface area contributed by atoms with Gasteiger partial charge in [-0.1, -0.05) is 13.3 Å². The number of nitrogens with zero attached hydrogens (tertiary/aromatic N) is 2. The summed E-state index contributed by atoms with van der Waals surface area (Å²) >= 11 is 0. The second-order valence-electron chi connectivity index (χ2n) is 5.50. The number of sulfone groups is 1. The van der Waals surface area contributed by atoms with E-state index in [-0.39, 0.29) is 23.5 Å². The van der Waals surface area contributed by atoms with Crippen molar-refractivity contribution in [3.8, 4) is 5.88 Å². The van der Waals surface area contributed by atoms with Crippen LogP contribution in [0.1, 0.15) is 36.5 Å². The number of unbranched alkanes of at least 4 members (excludes halogenated alkanes) is 1. The average molecular weight is 326 g/mol. The van der Waals surface area contributed by atoms with Crippen LogP contribution in [0.25, 0.3) is 0 Å². The van der Waals surface area contributed by atoms with Crippen LogP contribution in [0.2, 0.25) is 0 Å². The highest BCUT2D eigenvalue weighted by Crippen LogP contribution is 2.21. The molecule has 1 unspecified atom stereocenters. The van der Waals surface area contributed by atoms with Gasteiger partial charge in [-0.25, -0.2) is 13.4 Å². The Morgan fingerprint density at radius 2 is 2.23 bits per heavy atom. The molecule has 1 atom stereocenters. The highest BCUT2D eigenvalue weighted by Gasteiger charge is 2.34. The quantitative estimate of drug-likeness (QED) is 0.792. The van der Waals surface area contributed by atoms with Gasteiger partial charge in [-0.3, -0.25) is 4.79 Å². The monoisotopic (exact) mass is 326 g/mol. The van der Waals surface area contributed by atoms with Crippen LogP contribution in [0.4, 0.5) is 0 Å². The summed E-state index contributed by atoms with van der Waals surface area (Å²) in [5.41, 5.74) is 0.459. The molecule has 7 heteroatoms. The summed E-state index contributed by atoms with van der Waals surface area (Å²) in [7, 11) is -1.51. The Morgan fingerprint density at radius 3 is 2.73 bits per heavy atom. The van der Waals surface area contributed by atoms with Gasteiger partial charge in [0.15, 0.2) is 9.84 Å². The van der Waals surface area contributed by atoms with Crippen LogP contribution in [0.5, 0.6) is 5.88 Å². The van der Waals surface area contributed by atoms with E-state index in [9.17, 15) is 13.2 Å². The Morgan fingerprint density at radius 1 is 1.45 bits per heavy atom. The van der Waals surface area contributed by atoms with Gasteiger partial charge in [-0.15, -0.1) is 0 Å². The fraction of sp³-hybridized carbons (Fsp3) is 0.600. The maximum absolute atomic E-state index is 12.7. The van der Waals surface area contributed by atoms with Crippen molar-refractivity contribution in [1.29, 1.82) is 0 Å². The minimum absolute atomic E-state index is 0.0615. The van der Waals surface area contributed by atoms with E-state index in [2.05, 4.69) is 4.98 Å². The van der Waals surface area contributed by atoms with Crippen molar-refractivity contribution in [3.63, 3.8) is 0 Å². The van der Waals surface area contributed by atoms with E-state index < -0.39 is 9.84 Å². The predicted octanol–water partition coefficient (Wildman–Crippen LogP) is 1.52. The smallest absolute Gasteiger partial charge is 0.255 e. The molecule has 1 aliphatic rings. The van der Waals surface area contributed by atoms with Gasteiger partial charge in [0.05, 0.1) is 24.2 Å². The second-order valence-corrected chi connectivity index (χ2v) is 7.73. The van der Waals surface area contributed by atoms with Gasteiger partial charge in [0, 0.05) is 24.8 Å². The number of rotatable bonds is 6. The first kappa shape index (κ1) is 16.7. The minimum Gasteiger partial charge on any atom is -0.481 e. The molecule has 0 bridgehead atoms. The van der Waals surface area contributed by atoms with Crippen LogP contribution >= 0.6 is 0 Å². The van der Waals surface area contributed by atoms with E-state index in [4.69, 9.17) is 4.74 Å². The van der Waals surface area contributed by atoms with E-state index in [1.165, 1.54) is 13.3 Å². The summed E-state index contributed by atoms with van der Waals surface area (Å²) in [6, 6.07) is 3.07. The lowest BCUT2D eigenvalue weighted by Gasteiger charge is -2.28. The molecular formula is C15H22N2O4S. The second kappa shape index (κ2) is 7.09. The molecule has 0 N–H and O–H groups in total. The normalized spacial score (nSPS) is 19.8. The molecule has 1 aromatic heterocycles. The molecule has 1 fully saturated rings. The van der Waals surface area contributed by atoms with E-state index in [1.54, 1.807) is 17.0 Å². The molecule has 0 saturated carbocycles. The summed E-state index contributed by atoms with van der Waals surface area (Å²) in [6.45, 7) is 2.62. The summed E-state index contributed by atoms with van der Waals surface area (Å²) in [4.78, 5) is 18.4. The molecule has 0 aliphatic carbocycles. The third kappa shape index (κ3) is 3.97. The first-order chi connectivity index (χ1) is 10.5. The van der Waals surface area contributed by atoms with Crippen molar-refractivity contribution in [2.24, 2.45) is 0 Å². The molecule has 1 aliphatic heterocycles. The molecule has 6 nitrogen and oxygen atoms in total. The zero-order valence-electron chi connectivity index (χ0n) is 13.0. The first-order valence-corrected chi connectivity index (χ1v) is 9.30. The number of hydrogen-bond donors (Lipinski definition) is 0. The van der Waals surface area contributed by atoms with E-state index in [1.807, 2.05) is 6.92 Å². The van der Waals surface area contributed by atoms with Gasteiger partial charge in [0.25, 0.3) is 5.91 Å². The molecule has 1 aromatic rings. The predicted molar refractivity (Wildman–Crippen MR) is 83.8 cm³/mol. The highest BCUT2D eigenvalue weighted by molar-refractivity contribution is 7.91. The number of carbonyl (C=O) groups is 1. The number of hydrogen-bond acceptors (Lipinski definition) is 5. The van der Waals surface area contributed by atoms with E-state index in [0.717, 1.165) is 12.8 Å². The van der Waals surface area contributed by atoms with Crippen molar-refractivity contribution < 1.29 is 17.9 Å². The van der Waals surface area contributed by atoms with Crippen LogP contribution in [0.15, 0.2) is 18.3 Å². The van der Waals surface area contributed by atoms with Crippen molar-refractivity contribution >= 4 is 15.7 Å². The maximum atomic E-state index is 12.7. The zero-order valence-corrected chi connectivity index (χ0v) is 13.8. The Kier molecular flexibility index (Phi) is 5.39. The van der Waals surface area contributed by atoms with E-state index >= 15 is 0 Å². The van der Waals surface area contributed by atoms with Crippen molar-refractivity contribution in [2.45, 2.75) is 32.2 Å². The van der Waals surface area contributed by atoms with Gasteiger partial charge < -0.3 is 9.64 Å². The summed E-state index contributed by atoms with van der Waals surface area (Å²) in [6.07, 6.45) is 3.79. The van der Waals surface area contributed by atoms with Crippen LogP contribution < -0.4 is 4.74 Å². The summed E-state index contributed by atoms with van der Waals surface area (Å²) in [5.74, 6) is 0.506. The van der Waals surface area contributed by atoms with Crippen LogP contribution in [0, 0.1) is 0 Å². The number of carbonyl (C=O) groups excluding carboxylic acids is 1. The van der Waals surface area contributed by atoms with E-state index in [0.29, 0.717) is 24.4 Å². The maximum Gasteiger partial charge on any atom is 0.255 e. The van der Waals surface area contributed by atoms with Gasteiger partial charge in [-0.05, 0) is 18.9 Å². The summed E-state index contributed by atoms with van der Waals surface area (Å²) in [5, 5.41) is 0. The Labute approximate surface area is 131 Å². The number of ether oxygens (including phenoxy) is 1. The van der Waals surface area contributed by atoms with Gasteiger partial charge in [0.1, 0.15) is 0 Å². The lowest BCUT2D eigenvalue weighted by molar-refractivity contribution is 0.0693. The highest BCUT2D eigenvalue weighted by atomic mass is 32.2. The van der Waals surface area contributed by atoms with Gasteiger partial charge in [-0.2, -0.15) is 0 Å². The standard InChI is InChI=1S/C15H22N2O4S/c1-3-4-8-17(13-7-9-22(19,20)11-13)15(18)12-5-6-14(21-2)16-10-12/h5-6,10,13H,3-4,7-9,11H2,1-2H3. The Hall–Kier alpha value is -1.63. The van der Waals surface area contributed by atoms with Crippen LogP contribution in [-0.4, -0.2) is 55.4 Å². The van der Waals surface area contributed by atoms with Crippen molar-refractivity contribution in [1.82, 2.24) is 9.88 Å². The first-order valence-electron chi connectivity index (χ1n) is 7.48. The Balaban J connectivity index is 2.18. The lowest BCUT2D eigenvalue weighted by Crippen LogP contribution is -2.41. The topological polar surface area (TPSA) is 76.6 Å². The molecule has 0 spiro atoms. The lowest BCUT2D eigenvalue weighted by atomic mass is 10.1. The number of aromatic nitrogens is 1. The zero-order chi connectivity index (χ0) is 16.2. The molecule has 2 rings (SSSR count). The van der Waals surface area contributed by atoms with Crippen LogP contribution in [0.3, 0.4) is 0 Å². The average Bonchev–Trinajstić information content (AvgIpc) is 2.87. The van der Waals surface area contributed by atoms with Crippen molar-refractivity contribution in [3.05, 3.63) is 23.9 Å². The molecule has 2 heterocycles. The molecule has 1 amide bonds. The van der Waals surface area contributed by atoms with Gasteiger partial charge >= 0.3 is 0 Å². The van der Waals surface area contributed by atoms with Gasteiger partial charge in [0.2, 0.25) is 5.88 Å². The third-order valence-corrected chi connectivity index (χ3v) is 5.61. The Bertz CT molecular complexity index is 613. The molecule has 0 radical (unpaired) electrons. The number of methoxy groups -OCH3 is 1. The summed E-state index contributed by atoms with van der Waals surface area (Å²) < 4.78 is 28.4. The molecule has 1 saturated heterocycles. The number of pyridine rings is 1. The van der Waals surface area contributed by atoms with Crippen molar-refractivity contribution in [2.75, 3.05) is 25.2 Å². The van der Waals surface area contributed by atoms with Crippen LogP contribution in [-0.2, 0) is 9.84 Å². The molecule has 22 heavy (non-hydrogen) atoms. The SMILES string of the molecule is CCCCN(C(=O)c1ccc(OC)nc1)C1CCS(=O)(=O)C1. The fourth-order valence-corrected chi connectivity index (χ4v) is 4.32. The molecule has 122 valence electrons. The fourth-order valence-electron chi connectivity index (χ4n) is 2.59.